The molecule has 3 N–H and O–H groups in total. The summed E-state index contributed by atoms with van der Waals surface area (Å²) in [5.41, 5.74) is 6.74. The maximum absolute atomic E-state index is 5.72. The number of hydrogen-bond donors (Lipinski definition) is 2. The van der Waals surface area contributed by atoms with Gasteiger partial charge in [0, 0.05) is 6.54 Å². The maximum Gasteiger partial charge on any atom is 0.000516 e. The fourth-order valence-electron chi connectivity index (χ4n) is 3.03. The lowest BCUT2D eigenvalue weighted by atomic mass is 9.70. The molecule has 0 aromatic rings. The molecule has 0 bridgehead atoms. The normalized spacial score (nSPS) is 20.5. The molecule has 1 aliphatic rings. The van der Waals surface area contributed by atoms with Crippen LogP contribution >= 0.6 is 0 Å². The van der Waals surface area contributed by atoms with Crippen molar-refractivity contribution < 1.29 is 0 Å². The fourth-order valence-corrected chi connectivity index (χ4v) is 3.03. The van der Waals surface area contributed by atoms with Gasteiger partial charge in [0.05, 0.1) is 0 Å². The van der Waals surface area contributed by atoms with E-state index >= 15 is 0 Å². The van der Waals surface area contributed by atoms with Crippen molar-refractivity contribution in [2.24, 2.45) is 22.5 Å². The Balaban J connectivity index is 2.11. The van der Waals surface area contributed by atoms with Crippen LogP contribution in [0.2, 0.25) is 0 Å². The van der Waals surface area contributed by atoms with Crippen molar-refractivity contribution in [1.82, 2.24) is 5.32 Å². The van der Waals surface area contributed by atoms with Crippen LogP contribution in [0, 0.1) is 16.7 Å². The van der Waals surface area contributed by atoms with Crippen LogP contribution in [0.3, 0.4) is 0 Å². The predicted molar refractivity (Wildman–Crippen MR) is 80.7 cm³/mol. The second kappa shape index (κ2) is 6.91. The summed E-state index contributed by atoms with van der Waals surface area (Å²) < 4.78 is 0. The van der Waals surface area contributed by atoms with E-state index in [1.54, 1.807) is 0 Å². The second-order valence-electron chi connectivity index (χ2n) is 7.62. The van der Waals surface area contributed by atoms with E-state index in [1.165, 1.54) is 51.6 Å². The Morgan fingerprint density at radius 2 is 1.89 bits per heavy atom. The fraction of sp³-hybridized carbons (Fsp3) is 1.00. The summed E-state index contributed by atoms with van der Waals surface area (Å²) in [6, 6.07) is 0. The molecule has 2 heteroatoms. The molecule has 1 rings (SSSR count). The third-order valence-corrected chi connectivity index (χ3v) is 4.76. The Labute approximate surface area is 114 Å². The number of rotatable bonds is 8. The van der Waals surface area contributed by atoms with Gasteiger partial charge in [-0.1, -0.05) is 34.1 Å². The van der Waals surface area contributed by atoms with Crippen LogP contribution in [-0.4, -0.2) is 19.6 Å². The van der Waals surface area contributed by atoms with Gasteiger partial charge in [-0.05, 0) is 61.9 Å². The van der Waals surface area contributed by atoms with E-state index in [9.17, 15) is 0 Å². The highest BCUT2D eigenvalue weighted by Crippen LogP contribution is 2.39. The lowest BCUT2D eigenvalue weighted by molar-refractivity contribution is 0.155. The van der Waals surface area contributed by atoms with Gasteiger partial charge in [-0.3, -0.25) is 0 Å². The maximum atomic E-state index is 5.72. The van der Waals surface area contributed by atoms with Crippen molar-refractivity contribution in [3.8, 4) is 0 Å². The Morgan fingerprint density at radius 3 is 2.33 bits per heavy atom. The molecule has 0 aromatic heterocycles. The highest BCUT2D eigenvalue weighted by Gasteiger charge is 2.30. The van der Waals surface area contributed by atoms with Crippen molar-refractivity contribution >= 4 is 0 Å². The molecule has 0 radical (unpaired) electrons. The number of nitrogens with one attached hydrogen (secondary N) is 1. The zero-order valence-electron chi connectivity index (χ0n) is 13.0. The molecule has 18 heavy (non-hydrogen) atoms. The van der Waals surface area contributed by atoms with Gasteiger partial charge in [0.15, 0.2) is 0 Å². The van der Waals surface area contributed by atoms with E-state index in [1.807, 2.05) is 0 Å². The number of hydrogen-bond acceptors (Lipinski definition) is 2. The summed E-state index contributed by atoms with van der Waals surface area (Å²) in [6.07, 6.45) is 8.03. The molecule has 0 saturated heterocycles. The van der Waals surface area contributed by atoms with E-state index in [0.717, 1.165) is 12.5 Å². The van der Waals surface area contributed by atoms with Gasteiger partial charge in [0.1, 0.15) is 0 Å². The van der Waals surface area contributed by atoms with Crippen molar-refractivity contribution in [1.29, 1.82) is 0 Å². The molecule has 1 unspecified atom stereocenters. The molecule has 1 fully saturated rings. The molecule has 1 saturated carbocycles. The summed E-state index contributed by atoms with van der Waals surface area (Å²) in [4.78, 5) is 0. The minimum absolute atomic E-state index is 0.402. The van der Waals surface area contributed by atoms with Crippen LogP contribution < -0.4 is 11.1 Å². The monoisotopic (exact) mass is 254 g/mol. The van der Waals surface area contributed by atoms with Gasteiger partial charge < -0.3 is 11.1 Å². The first kappa shape index (κ1) is 16.0. The molecule has 0 amide bonds. The molecule has 2 nitrogen and oxygen atoms in total. The van der Waals surface area contributed by atoms with Gasteiger partial charge in [0.25, 0.3) is 0 Å². The smallest absolute Gasteiger partial charge is 0.000516 e. The largest absolute Gasteiger partial charge is 0.330 e. The van der Waals surface area contributed by atoms with Gasteiger partial charge in [-0.25, -0.2) is 0 Å². The summed E-state index contributed by atoms with van der Waals surface area (Å²) in [7, 11) is 0. The van der Waals surface area contributed by atoms with Crippen LogP contribution in [0.4, 0.5) is 0 Å². The molecule has 1 aliphatic carbocycles. The molecule has 108 valence electrons. The SMILES string of the molecule is CC1(CNCCCC(CCN)C(C)(C)C)CCC1. The van der Waals surface area contributed by atoms with Crippen LogP contribution in [0.5, 0.6) is 0 Å². The molecule has 0 aromatic carbocycles. The third-order valence-electron chi connectivity index (χ3n) is 4.76. The Hall–Kier alpha value is -0.0800. The van der Waals surface area contributed by atoms with E-state index in [-0.39, 0.29) is 0 Å². The quantitative estimate of drug-likeness (QED) is 0.650. The average Bonchev–Trinajstić information content (AvgIpc) is 2.23. The Kier molecular flexibility index (Phi) is 6.13. The van der Waals surface area contributed by atoms with Crippen LogP contribution in [0.15, 0.2) is 0 Å². The molecular weight excluding hydrogens is 220 g/mol. The van der Waals surface area contributed by atoms with Gasteiger partial charge >= 0.3 is 0 Å². The highest BCUT2D eigenvalue weighted by molar-refractivity contribution is 4.85. The zero-order valence-corrected chi connectivity index (χ0v) is 13.0. The lowest BCUT2D eigenvalue weighted by Gasteiger charge is -2.38. The zero-order chi connectivity index (χ0) is 13.6. The average molecular weight is 254 g/mol. The van der Waals surface area contributed by atoms with Crippen LogP contribution in [0.1, 0.15) is 66.2 Å². The lowest BCUT2D eigenvalue weighted by Crippen LogP contribution is -2.37. The molecule has 0 spiro atoms. The van der Waals surface area contributed by atoms with Crippen molar-refractivity contribution in [2.75, 3.05) is 19.6 Å². The first-order valence-corrected chi connectivity index (χ1v) is 7.78. The Morgan fingerprint density at radius 1 is 1.22 bits per heavy atom. The summed E-state index contributed by atoms with van der Waals surface area (Å²) >= 11 is 0. The predicted octanol–water partition coefficient (Wildman–Crippen LogP) is 3.56. The second-order valence-corrected chi connectivity index (χ2v) is 7.62. The van der Waals surface area contributed by atoms with Gasteiger partial charge in [0.2, 0.25) is 0 Å². The molecular formula is C16H34N2. The first-order valence-electron chi connectivity index (χ1n) is 7.78. The van der Waals surface area contributed by atoms with Crippen LogP contribution in [0.25, 0.3) is 0 Å². The Bertz CT molecular complexity index is 226. The van der Waals surface area contributed by atoms with Crippen molar-refractivity contribution in [2.45, 2.75) is 66.2 Å². The van der Waals surface area contributed by atoms with Gasteiger partial charge in [-0.2, -0.15) is 0 Å². The highest BCUT2D eigenvalue weighted by atomic mass is 14.9. The molecule has 1 atom stereocenters. The van der Waals surface area contributed by atoms with Crippen molar-refractivity contribution in [3.63, 3.8) is 0 Å². The van der Waals surface area contributed by atoms with E-state index < -0.39 is 0 Å². The number of nitrogens with two attached hydrogens (primary N) is 1. The standard InChI is InChI=1S/C16H34N2/c1-15(2,3)14(8-11-17)7-5-12-18-13-16(4)9-6-10-16/h14,18H,5-13,17H2,1-4H3. The molecule has 0 aliphatic heterocycles. The van der Waals surface area contributed by atoms with Crippen molar-refractivity contribution in [3.05, 3.63) is 0 Å². The van der Waals surface area contributed by atoms with E-state index in [2.05, 4.69) is 33.0 Å². The van der Waals surface area contributed by atoms with E-state index in [0.29, 0.717) is 10.8 Å². The van der Waals surface area contributed by atoms with Crippen LogP contribution in [-0.2, 0) is 0 Å². The topological polar surface area (TPSA) is 38.0 Å². The minimum atomic E-state index is 0.402. The van der Waals surface area contributed by atoms with E-state index in [4.69, 9.17) is 5.73 Å². The molecule has 0 heterocycles. The third kappa shape index (κ3) is 5.27. The summed E-state index contributed by atoms with van der Waals surface area (Å²) in [5, 5.41) is 3.65. The summed E-state index contributed by atoms with van der Waals surface area (Å²) in [5.74, 6) is 0.767. The van der Waals surface area contributed by atoms with Gasteiger partial charge in [-0.15, -0.1) is 0 Å². The summed E-state index contributed by atoms with van der Waals surface area (Å²) in [6.45, 7) is 12.7. The first-order chi connectivity index (χ1) is 8.37. The minimum Gasteiger partial charge on any atom is -0.330 e.